The topological polar surface area (TPSA) is 121 Å². The predicted octanol–water partition coefficient (Wildman–Crippen LogP) is 2.14. The fraction of sp³-hybridized carbons (Fsp3) is 0.409. The maximum absolute atomic E-state index is 12.4. The maximum Gasteiger partial charge on any atom is 0.308 e. The molecule has 0 saturated carbocycles. The second-order valence-electron chi connectivity index (χ2n) is 7.47. The molecule has 1 saturated heterocycles. The summed E-state index contributed by atoms with van der Waals surface area (Å²) in [6.45, 7) is -0.219. The highest BCUT2D eigenvalue weighted by molar-refractivity contribution is 6.05. The molecule has 0 radical (unpaired) electrons. The smallest absolute Gasteiger partial charge is 0.308 e. The molecule has 2 atom stereocenters. The van der Waals surface area contributed by atoms with Crippen LogP contribution in [0.5, 0.6) is 11.5 Å². The highest BCUT2D eigenvalue weighted by atomic mass is 16.6. The van der Waals surface area contributed by atoms with E-state index in [0.717, 1.165) is 0 Å². The lowest BCUT2D eigenvalue weighted by Crippen LogP contribution is -2.33. The number of hydrogen-bond acceptors (Lipinski definition) is 9. The Morgan fingerprint density at radius 2 is 1.84 bits per heavy atom. The van der Waals surface area contributed by atoms with E-state index in [9.17, 15) is 14.4 Å². The molecule has 1 aromatic heterocycles. The molecule has 10 heteroatoms. The van der Waals surface area contributed by atoms with Crippen molar-refractivity contribution in [2.75, 3.05) is 20.8 Å². The Morgan fingerprint density at radius 1 is 1.12 bits per heavy atom. The molecule has 2 aromatic rings. The largest absolute Gasteiger partial charge is 0.497 e. The highest BCUT2D eigenvalue weighted by Crippen LogP contribution is 2.35. The number of methoxy groups -OCH3 is 2. The van der Waals surface area contributed by atoms with Crippen molar-refractivity contribution in [2.45, 2.75) is 25.9 Å². The Balaban J connectivity index is 1.30. The Kier molecular flexibility index (Phi) is 6.20. The van der Waals surface area contributed by atoms with Crippen molar-refractivity contribution in [2.24, 2.45) is 11.8 Å². The number of nitrogens with zero attached hydrogens (tertiary/aromatic N) is 3. The number of carbonyl (C=O) groups is 3. The van der Waals surface area contributed by atoms with Crippen molar-refractivity contribution in [3.05, 3.63) is 36.2 Å². The summed E-state index contributed by atoms with van der Waals surface area (Å²) in [5, 5.41) is 3.90. The molecule has 1 fully saturated rings. The van der Waals surface area contributed by atoms with Crippen LogP contribution in [0.4, 0.5) is 0 Å². The predicted molar refractivity (Wildman–Crippen MR) is 109 cm³/mol. The summed E-state index contributed by atoms with van der Waals surface area (Å²) in [5.74, 6) is -0.111. The van der Waals surface area contributed by atoms with Gasteiger partial charge in [-0.05, 0) is 25.0 Å². The van der Waals surface area contributed by atoms with E-state index >= 15 is 0 Å². The van der Waals surface area contributed by atoms with E-state index < -0.39 is 5.97 Å². The minimum absolute atomic E-state index is 0.00162. The van der Waals surface area contributed by atoms with Crippen molar-refractivity contribution in [1.29, 1.82) is 0 Å². The van der Waals surface area contributed by atoms with Gasteiger partial charge in [0.1, 0.15) is 11.5 Å². The van der Waals surface area contributed by atoms with Crippen LogP contribution in [0.3, 0.4) is 0 Å². The van der Waals surface area contributed by atoms with Gasteiger partial charge in [0, 0.05) is 12.6 Å². The highest BCUT2D eigenvalue weighted by Gasteiger charge is 2.46. The van der Waals surface area contributed by atoms with Crippen LogP contribution in [-0.2, 0) is 25.7 Å². The number of rotatable bonds is 8. The van der Waals surface area contributed by atoms with Gasteiger partial charge in [0.15, 0.2) is 6.61 Å². The second-order valence-corrected chi connectivity index (χ2v) is 7.47. The fourth-order valence-electron chi connectivity index (χ4n) is 3.91. The fourth-order valence-corrected chi connectivity index (χ4v) is 3.91. The summed E-state index contributed by atoms with van der Waals surface area (Å²) >= 11 is 0. The van der Waals surface area contributed by atoms with Gasteiger partial charge in [0.05, 0.1) is 38.0 Å². The second kappa shape index (κ2) is 9.21. The zero-order valence-electron chi connectivity index (χ0n) is 17.8. The molecule has 0 unspecified atom stereocenters. The molecular weight excluding hydrogens is 418 g/mol. The third-order valence-electron chi connectivity index (χ3n) is 5.61. The van der Waals surface area contributed by atoms with E-state index in [1.54, 1.807) is 25.3 Å². The Hall–Kier alpha value is -3.69. The number of imide groups is 1. The van der Waals surface area contributed by atoms with Crippen molar-refractivity contribution >= 4 is 17.8 Å². The lowest BCUT2D eigenvalue weighted by atomic mass is 9.85. The summed E-state index contributed by atoms with van der Waals surface area (Å²) in [4.78, 5) is 42.4. The van der Waals surface area contributed by atoms with Crippen molar-refractivity contribution in [1.82, 2.24) is 15.0 Å². The number of carbonyl (C=O) groups excluding carboxylic acids is 3. The van der Waals surface area contributed by atoms with Gasteiger partial charge in [0.25, 0.3) is 5.89 Å². The molecule has 0 bridgehead atoms. The molecule has 32 heavy (non-hydrogen) atoms. The van der Waals surface area contributed by atoms with Gasteiger partial charge in [-0.3, -0.25) is 19.3 Å². The number of allylic oxidation sites excluding steroid dienone is 2. The molecule has 0 spiro atoms. The lowest BCUT2D eigenvalue weighted by molar-refractivity contribution is -0.147. The van der Waals surface area contributed by atoms with Gasteiger partial charge in [-0.1, -0.05) is 17.3 Å². The number of fused-ring (bicyclic) bond motifs is 1. The van der Waals surface area contributed by atoms with Crippen LogP contribution in [0, 0.1) is 11.8 Å². The van der Waals surface area contributed by atoms with Crippen molar-refractivity contribution < 1.29 is 33.1 Å². The Labute approximate surface area is 184 Å². The van der Waals surface area contributed by atoms with Gasteiger partial charge in [0.2, 0.25) is 17.6 Å². The summed E-state index contributed by atoms with van der Waals surface area (Å²) in [5.41, 5.74) is 0.594. The first-order valence-corrected chi connectivity index (χ1v) is 10.2. The van der Waals surface area contributed by atoms with Crippen molar-refractivity contribution in [3.8, 4) is 22.9 Å². The van der Waals surface area contributed by atoms with Gasteiger partial charge in [-0.25, -0.2) is 0 Å². The summed E-state index contributed by atoms with van der Waals surface area (Å²) in [6, 6.07) is 5.16. The van der Waals surface area contributed by atoms with E-state index in [-0.39, 0.29) is 54.9 Å². The molecule has 10 nitrogen and oxygen atoms in total. The van der Waals surface area contributed by atoms with E-state index in [0.29, 0.717) is 29.9 Å². The van der Waals surface area contributed by atoms with Crippen LogP contribution in [0.25, 0.3) is 11.4 Å². The third-order valence-corrected chi connectivity index (χ3v) is 5.61. The monoisotopic (exact) mass is 441 g/mol. The Morgan fingerprint density at radius 3 is 2.50 bits per heavy atom. The summed E-state index contributed by atoms with van der Waals surface area (Å²) in [7, 11) is 3.07. The lowest BCUT2D eigenvalue weighted by Gasteiger charge is -2.14. The average molecular weight is 441 g/mol. The molecule has 2 heterocycles. The zero-order valence-corrected chi connectivity index (χ0v) is 17.8. The van der Waals surface area contributed by atoms with Crippen molar-refractivity contribution in [3.63, 3.8) is 0 Å². The molecule has 0 N–H and O–H groups in total. The summed E-state index contributed by atoms with van der Waals surface area (Å²) < 4.78 is 20.8. The number of amides is 2. The van der Waals surface area contributed by atoms with Gasteiger partial charge < -0.3 is 18.7 Å². The zero-order chi connectivity index (χ0) is 22.7. The number of likely N-dealkylation sites (tertiary alicyclic amines) is 1. The first kappa shape index (κ1) is 21.5. The van der Waals surface area contributed by atoms with Gasteiger partial charge in [-0.2, -0.15) is 4.98 Å². The molecule has 1 aliphatic heterocycles. The first-order valence-electron chi connectivity index (χ1n) is 10.2. The average Bonchev–Trinajstić information content (AvgIpc) is 3.39. The van der Waals surface area contributed by atoms with Gasteiger partial charge in [-0.15, -0.1) is 0 Å². The quantitative estimate of drug-likeness (QED) is 0.344. The van der Waals surface area contributed by atoms with Crippen LogP contribution in [0.15, 0.2) is 34.9 Å². The molecule has 1 aromatic carbocycles. The van der Waals surface area contributed by atoms with E-state index in [4.69, 9.17) is 18.7 Å². The van der Waals surface area contributed by atoms with Crippen LogP contribution in [0.1, 0.15) is 25.2 Å². The number of hydrogen-bond donors (Lipinski definition) is 0. The Bertz CT molecular complexity index is 1040. The van der Waals surface area contributed by atoms with E-state index in [1.165, 1.54) is 12.0 Å². The molecule has 2 aliphatic rings. The molecule has 4 rings (SSSR count). The van der Waals surface area contributed by atoms with Crippen LogP contribution in [0.2, 0.25) is 0 Å². The SMILES string of the molecule is COc1ccc(-c2noc(COC(=O)CCN3C(=O)[C@@H]4CC=CC[C@H]4C3=O)n2)c(OC)c1. The number of ether oxygens (including phenoxy) is 3. The van der Waals surface area contributed by atoms with E-state index in [2.05, 4.69) is 10.1 Å². The molecular formula is C22H23N3O7. The third kappa shape index (κ3) is 4.20. The minimum atomic E-state index is -0.569. The normalized spacial score (nSPS) is 19.8. The minimum Gasteiger partial charge on any atom is -0.497 e. The molecule has 2 amide bonds. The van der Waals surface area contributed by atoms with Crippen LogP contribution < -0.4 is 9.47 Å². The van der Waals surface area contributed by atoms with Gasteiger partial charge >= 0.3 is 5.97 Å². The van der Waals surface area contributed by atoms with E-state index in [1.807, 2.05) is 12.2 Å². The standard InChI is InChI=1S/C22H23N3O7/c1-29-13-7-8-16(17(11-13)30-2)20-23-18(32-24-20)12-31-19(26)9-10-25-21(27)14-5-3-4-6-15(14)22(25)28/h3-4,7-8,11,14-15H,5-6,9-10,12H2,1-2H3/t14-,15-/m1/s1. The first-order chi connectivity index (χ1) is 15.5. The number of aromatic nitrogens is 2. The number of benzene rings is 1. The summed E-state index contributed by atoms with van der Waals surface area (Å²) in [6.07, 6.45) is 4.87. The number of esters is 1. The van der Waals surface area contributed by atoms with Crippen LogP contribution in [-0.4, -0.2) is 53.6 Å². The van der Waals surface area contributed by atoms with Crippen LogP contribution >= 0.6 is 0 Å². The molecule has 168 valence electrons. The molecule has 1 aliphatic carbocycles. The maximum atomic E-state index is 12.4.